The summed E-state index contributed by atoms with van der Waals surface area (Å²) in [4.78, 5) is 26.5. The molecule has 6 heteroatoms. The van der Waals surface area contributed by atoms with Gasteiger partial charge in [0.2, 0.25) is 0 Å². The van der Waals surface area contributed by atoms with Crippen molar-refractivity contribution in [3.63, 3.8) is 0 Å². The molecule has 0 unspecified atom stereocenters. The molecule has 0 bridgehead atoms. The van der Waals surface area contributed by atoms with E-state index in [1.807, 2.05) is 32.0 Å². The summed E-state index contributed by atoms with van der Waals surface area (Å²) in [6, 6.07) is 6.80. The van der Waals surface area contributed by atoms with Crippen molar-refractivity contribution < 1.29 is 0 Å². The van der Waals surface area contributed by atoms with Gasteiger partial charge in [-0.05, 0) is 37.1 Å². The maximum absolute atomic E-state index is 11.0. The Morgan fingerprint density at radius 2 is 1.72 bits per heavy atom. The van der Waals surface area contributed by atoms with E-state index in [4.69, 9.17) is 0 Å². The average Bonchev–Trinajstić information content (AvgIpc) is 2.29. The first-order valence-electron chi connectivity index (χ1n) is 5.37. The van der Waals surface area contributed by atoms with Crippen LogP contribution in [-0.2, 0) is 0 Å². The van der Waals surface area contributed by atoms with E-state index in [0.717, 1.165) is 5.56 Å². The first-order chi connectivity index (χ1) is 8.54. The number of hydrogen-bond acceptors (Lipinski definition) is 4. The molecule has 0 spiro atoms. The zero-order chi connectivity index (χ0) is 13.1. The standard InChI is InChI=1S/C12H12N4O2/c1-7-3-4-9(5-8(7)2)15-16-10-6-11(17)14-12(18)13-10/h3-6H,1-2H3,(H2,13,14,17,18). The number of benzene rings is 1. The Labute approximate surface area is 102 Å². The lowest BCUT2D eigenvalue weighted by Gasteiger charge is -1.99. The third-order valence-corrected chi connectivity index (χ3v) is 2.51. The van der Waals surface area contributed by atoms with E-state index in [1.54, 1.807) is 0 Å². The molecule has 2 aromatic rings. The maximum Gasteiger partial charge on any atom is 0.327 e. The normalized spacial score (nSPS) is 11.0. The molecule has 0 radical (unpaired) electrons. The Bertz CT molecular complexity index is 684. The molecular weight excluding hydrogens is 232 g/mol. The van der Waals surface area contributed by atoms with Gasteiger partial charge in [0, 0.05) is 6.07 Å². The van der Waals surface area contributed by atoms with E-state index >= 15 is 0 Å². The smallest absolute Gasteiger partial charge is 0.290 e. The molecule has 0 aliphatic heterocycles. The highest BCUT2D eigenvalue weighted by molar-refractivity contribution is 5.43. The molecule has 92 valence electrons. The van der Waals surface area contributed by atoms with Crippen LogP contribution in [0.15, 0.2) is 44.1 Å². The van der Waals surface area contributed by atoms with Crippen LogP contribution in [0.1, 0.15) is 11.1 Å². The second kappa shape index (κ2) is 4.79. The molecule has 0 fully saturated rings. The topological polar surface area (TPSA) is 90.4 Å². The van der Waals surface area contributed by atoms with Crippen LogP contribution in [0.4, 0.5) is 11.5 Å². The molecule has 2 N–H and O–H groups in total. The van der Waals surface area contributed by atoms with Crippen LogP contribution >= 0.6 is 0 Å². The molecule has 0 saturated heterocycles. The summed E-state index contributed by atoms with van der Waals surface area (Å²) in [7, 11) is 0. The number of nitrogens with zero attached hydrogens (tertiary/aromatic N) is 2. The summed E-state index contributed by atoms with van der Waals surface area (Å²) < 4.78 is 0. The van der Waals surface area contributed by atoms with Crippen molar-refractivity contribution in [2.75, 3.05) is 0 Å². The van der Waals surface area contributed by atoms with Crippen LogP contribution in [0, 0.1) is 13.8 Å². The van der Waals surface area contributed by atoms with Crippen molar-refractivity contribution in [1.82, 2.24) is 9.97 Å². The summed E-state index contributed by atoms with van der Waals surface area (Å²) >= 11 is 0. The Balaban J connectivity index is 2.32. The van der Waals surface area contributed by atoms with Gasteiger partial charge in [0.1, 0.15) is 0 Å². The zero-order valence-electron chi connectivity index (χ0n) is 10.0. The summed E-state index contributed by atoms with van der Waals surface area (Å²) in [5.74, 6) is 0.127. The van der Waals surface area contributed by atoms with Crippen LogP contribution in [-0.4, -0.2) is 9.97 Å². The molecular formula is C12H12N4O2. The van der Waals surface area contributed by atoms with Crippen molar-refractivity contribution in [2.45, 2.75) is 13.8 Å². The highest BCUT2D eigenvalue weighted by Gasteiger charge is 1.96. The summed E-state index contributed by atoms with van der Waals surface area (Å²) in [6.07, 6.45) is 0. The number of azo groups is 1. The van der Waals surface area contributed by atoms with Gasteiger partial charge in [-0.15, -0.1) is 10.2 Å². The number of aryl methyl sites for hydroxylation is 2. The molecule has 2 rings (SSSR count). The van der Waals surface area contributed by atoms with Gasteiger partial charge in [-0.3, -0.25) is 14.8 Å². The number of aromatic amines is 2. The van der Waals surface area contributed by atoms with E-state index in [2.05, 4.69) is 20.2 Å². The van der Waals surface area contributed by atoms with Crippen molar-refractivity contribution in [2.24, 2.45) is 10.2 Å². The fourth-order valence-corrected chi connectivity index (χ4v) is 1.41. The molecule has 1 aromatic heterocycles. The summed E-state index contributed by atoms with van der Waals surface area (Å²) in [6.45, 7) is 3.98. The predicted octanol–water partition coefficient (Wildman–Crippen LogP) is 2.10. The maximum atomic E-state index is 11.0. The lowest BCUT2D eigenvalue weighted by atomic mass is 10.1. The van der Waals surface area contributed by atoms with Crippen molar-refractivity contribution in [3.05, 3.63) is 56.2 Å². The van der Waals surface area contributed by atoms with Crippen molar-refractivity contribution in [3.8, 4) is 0 Å². The van der Waals surface area contributed by atoms with Gasteiger partial charge in [-0.25, -0.2) is 4.79 Å². The van der Waals surface area contributed by atoms with Gasteiger partial charge < -0.3 is 0 Å². The van der Waals surface area contributed by atoms with Crippen molar-refractivity contribution in [1.29, 1.82) is 0 Å². The van der Waals surface area contributed by atoms with Crippen LogP contribution in [0.2, 0.25) is 0 Å². The van der Waals surface area contributed by atoms with E-state index in [-0.39, 0.29) is 5.82 Å². The quantitative estimate of drug-likeness (QED) is 0.792. The first-order valence-corrected chi connectivity index (χ1v) is 5.37. The number of rotatable bonds is 2. The number of aromatic nitrogens is 2. The van der Waals surface area contributed by atoms with Gasteiger partial charge in [0.15, 0.2) is 5.82 Å². The Hall–Kier alpha value is -2.50. The van der Waals surface area contributed by atoms with Crippen LogP contribution in [0.5, 0.6) is 0 Å². The molecule has 6 nitrogen and oxygen atoms in total. The van der Waals surface area contributed by atoms with Gasteiger partial charge in [-0.1, -0.05) is 6.07 Å². The fraction of sp³-hybridized carbons (Fsp3) is 0.167. The van der Waals surface area contributed by atoms with Gasteiger partial charge in [-0.2, -0.15) is 0 Å². The lowest BCUT2D eigenvalue weighted by Crippen LogP contribution is -2.20. The van der Waals surface area contributed by atoms with E-state index in [1.165, 1.54) is 11.6 Å². The monoisotopic (exact) mass is 244 g/mol. The summed E-state index contributed by atoms with van der Waals surface area (Å²) in [5.41, 5.74) is 1.83. The molecule has 0 aliphatic carbocycles. The molecule has 1 heterocycles. The SMILES string of the molecule is Cc1ccc(N=Nc2cc(=O)[nH]c(=O)[nH]2)cc1C. The molecule has 1 aromatic carbocycles. The number of hydrogen-bond donors (Lipinski definition) is 2. The zero-order valence-corrected chi connectivity index (χ0v) is 10.0. The van der Waals surface area contributed by atoms with E-state index < -0.39 is 11.2 Å². The fourth-order valence-electron chi connectivity index (χ4n) is 1.41. The van der Waals surface area contributed by atoms with Crippen LogP contribution < -0.4 is 11.2 Å². The average molecular weight is 244 g/mol. The van der Waals surface area contributed by atoms with Crippen LogP contribution in [0.3, 0.4) is 0 Å². The second-order valence-electron chi connectivity index (χ2n) is 3.94. The Morgan fingerprint density at radius 3 is 2.39 bits per heavy atom. The van der Waals surface area contributed by atoms with E-state index in [0.29, 0.717) is 5.69 Å². The van der Waals surface area contributed by atoms with Gasteiger partial charge in [0.25, 0.3) is 5.56 Å². The molecule has 0 amide bonds. The summed E-state index contributed by atoms with van der Waals surface area (Å²) in [5, 5.41) is 7.78. The third-order valence-electron chi connectivity index (χ3n) is 2.51. The molecule has 18 heavy (non-hydrogen) atoms. The lowest BCUT2D eigenvalue weighted by molar-refractivity contribution is 1.01. The van der Waals surface area contributed by atoms with Gasteiger partial charge >= 0.3 is 5.69 Å². The Kier molecular flexibility index (Phi) is 3.18. The Morgan fingerprint density at radius 1 is 0.944 bits per heavy atom. The number of nitrogens with one attached hydrogen (secondary N) is 2. The predicted molar refractivity (Wildman–Crippen MR) is 67.8 cm³/mol. The molecule has 0 atom stereocenters. The minimum absolute atomic E-state index is 0.127. The third kappa shape index (κ3) is 2.79. The van der Waals surface area contributed by atoms with Crippen molar-refractivity contribution >= 4 is 11.5 Å². The minimum atomic E-state index is -0.600. The molecule has 0 aliphatic rings. The second-order valence-corrected chi connectivity index (χ2v) is 3.94. The highest BCUT2D eigenvalue weighted by atomic mass is 16.2. The van der Waals surface area contributed by atoms with Crippen LogP contribution in [0.25, 0.3) is 0 Å². The number of H-pyrrole nitrogens is 2. The molecule has 0 saturated carbocycles. The first kappa shape index (κ1) is 12.0. The van der Waals surface area contributed by atoms with E-state index in [9.17, 15) is 9.59 Å². The largest absolute Gasteiger partial charge is 0.327 e. The van der Waals surface area contributed by atoms with Gasteiger partial charge in [0.05, 0.1) is 5.69 Å². The highest BCUT2D eigenvalue weighted by Crippen LogP contribution is 2.18. The minimum Gasteiger partial charge on any atom is -0.290 e.